The summed E-state index contributed by atoms with van der Waals surface area (Å²) in [6.07, 6.45) is -4.69. The van der Waals surface area contributed by atoms with Crippen molar-refractivity contribution in [1.29, 1.82) is 0 Å². The Morgan fingerprint density at radius 3 is 2.14 bits per heavy atom. The minimum Gasteiger partial charge on any atom is -0.218 e. The zero-order valence-electron chi connectivity index (χ0n) is 10.0. The van der Waals surface area contributed by atoms with Crippen molar-refractivity contribution >= 4 is 10.2 Å². The summed E-state index contributed by atoms with van der Waals surface area (Å²) in [6, 6.07) is 5.58. The van der Waals surface area contributed by atoms with Gasteiger partial charge in [0.2, 0.25) is 5.95 Å². The highest BCUT2D eigenvalue weighted by atomic mass is 32.3. The second-order valence-electron chi connectivity index (χ2n) is 3.97. The van der Waals surface area contributed by atoms with E-state index < -0.39 is 44.1 Å². The number of halogens is 5. The summed E-state index contributed by atoms with van der Waals surface area (Å²) in [5, 5.41) is 0. The molecule has 0 unspecified atom stereocenters. The molecule has 3 nitrogen and oxygen atoms in total. The van der Waals surface area contributed by atoms with Gasteiger partial charge in [-0.3, -0.25) is 0 Å². The number of rotatable bonds is 2. The van der Waals surface area contributed by atoms with E-state index in [1.165, 1.54) is 6.07 Å². The molecule has 0 radical (unpaired) electrons. The number of aromatic nitrogens is 1. The van der Waals surface area contributed by atoms with Crippen LogP contribution in [0.2, 0.25) is 0 Å². The van der Waals surface area contributed by atoms with Gasteiger partial charge in [0.05, 0.1) is 11.3 Å². The number of alkyl halides is 3. The topological polar surface area (TPSA) is 47.0 Å². The van der Waals surface area contributed by atoms with Gasteiger partial charge in [0.15, 0.2) is 4.90 Å². The van der Waals surface area contributed by atoms with E-state index in [4.69, 9.17) is 0 Å². The molecule has 0 aliphatic carbocycles. The van der Waals surface area contributed by atoms with Crippen LogP contribution >= 0.6 is 0 Å². The first-order valence-corrected chi connectivity index (χ1v) is 6.77. The van der Waals surface area contributed by atoms with E-state index in [9.17, 15) is 29.9 Å². The molecule has 1 heterocycles. The Kier molecular flexibility index (Phi) is 3.70. The molecule has 1 aromatic heterocycles. The van der Waals surface area contributed by atoms with Crippen LogP contribution in [0.4, 0.5) is 21.4 Å². The molecule has 9 heteroatoms. The van der Waals surface area contributed by atoms with Gasteiger partial charge in [-0.2, -0.15) is 26.0 Å². The molecule has 2 aromatic rings. The number of benzene rings is 1. The molecule has 0 fully saturated rings. The highest BCUT2D eigenvalue weighted by Crippen LogP contribution is 2.36. The van der Waals surface area contributed by atoms with E-state index >= 15 is 0 Å². The van der Waals surface area contributed by atoms with Crippen molar-refractivity contribution in [2.45, 2.75) is 11.1 Å². The molecule has 112 valence electrons. The van der Waals surface area contributed by atoms with Crippen LogP contribution in [0.15, 0.2) is 41.3 Å². The maximum atomic E-state index is 13.4. The lowest BCUT2D eigenvalue weighted by Gasteiger charge is -2.12. The predicted octanol–water partition coefficient (Wildman–Crippen LogP) is 3.56. The Labute approximate surface area is 116 Å². The van der Waals surface area contributed by atoms with Crippen LogP contribution in [0.3, 0.4) is 0 Å². The van der Waals surface area contributed by atoms with Gasteiger partial charge in [0.25, 0.3) is 0 Å². The van der Waals surface area contributed by atoms with Crippen molar-refractivity contribution in [2.24, 2.45) is 0 Å². The van der Waals surface area contributed by atoms with Crippen molar-refractivity contribution in [3.05, 3.63) is 47.9 Å². The van der Waals surface area contributed by atoms with Crippen LogP contribution in [0.25, 0.3) is 11.3 Å². The monoisotopic (exact) mass is 323 g/mol. The minimum atomic E-state index is -5.33. The zero-order chi connectivity index (χ0) is 15.8. The molecule has 0 aliphatic rings. The lowest BCUT2D eigenvalue weighted by atomic mass is 10.0. The first kappa shape index (κ1) is 15.4. The zero-order valence-corrected chi connectivity index (χ0v) is 10.8. The predicted molar refractivity (Wildman–Crippen MR) is 62.9 cm³/mol. The van der Waals surface area contributed by atoms with Crippen LogP contribution in [0.5, 0.6) is 0 Å². The van der Waals surface area contributed by atoms with Crippen molar-refractivity contribution in [3.8, 4) is 11.3 Å². The number of nitrogens with zero attached hydrogens (tertiary/aromatic N) is 1. The summed E-state index contributed by atoms with van der Waals surface area (Å²) in [4.78, 5) is 1.77. The molecule has 0 bridgehead atoms. The highest BCUT2D eigenvalue weighted by molar-refractivity contribution is 7.86. The van der Waals surface area contributed by atoms with Crippen LogP contribution in [-0.4, -0.2) is 13.4 Å². The fraction of sp³-hybridized carbons (Fsp3) is 0.0833. The molecule has 0 aliphatic heterocycles. The molecule has 1 aromatic carbocycles. The smallest absolute Gasteiger partial charge is 0.218 e. The lowest BCUT2D eigenvalue weighted by Crippen LogP contribution is -2.08. The summed E-state index contributed by atoms with van der Waals surface area (Å²) in [5.74, 6) is -1.70. The van der Waals surface area contributed by atoms with Gasteiger partial charge in [0.1, 0.15) is 0 Å². The molecule has 0 amide bonds. The van der Waals surface area contributed by atoms with Crippen molar-refractivity contribution in [3.63, 3.8) is 0 Å². The average molecular weight is 323 g/mol. The molecule has 0 saturated carbocycles. The molecule has 21 heavy (non-hydrogen) atoms. The van der Waals surface area contributed by atoms with E-state index in [0.29, 0.717) is 6.07 Å². The Bertz CT molecular complexity index is 786. The second kappa shape index (κ2) is 5.06. The summed E-state index contributed by atoms with van der Waals surface area (Å²) in [7, 11) is -5.33. The maximum Gasteiger partial charge on any atom is 0.417 e. The third-order valence-electron chi connectivity index (χ3n) is 2.59. The van der Waals surface area contributed by atoms with E-state index in [1.54, 1.807) is 0 Å². The third kappa shape index (κ3) is 3.18. The summed E-state index contributed by atoms with van der Waals surface area (Å²) < 4.78 is 85.8. The summed E-state index contributed by atoms with van der Waals surface area (Å²) >= 11 is 0. The Morgan fingerprint density at radius 1 is 1.00 bits per heavy atom. The first-order chi connectivity index (χ1) is 9.60. The quantitative estimate of drug-likeness (QED) is 0.482. The summed E-state index contributed by atoms with van der Waals surface area (Å²) in [5.41, 5.74) is -1.95. The van der Waals surface area contributed by atoms with Crippen LogP contribution in [-0.2, 0) is 16.4 Å². The standard InChI is InChI=1S/C12H6F5NO2S/c13-11-10(21(17,19)20)6-5-9(18-11)7-3-1-2-4-8(7)12(14,15)16/h1-6H. The average Bonchev–Trinajstić information content (AvgIpc) is 2.36. The third-order valence-corrected chi connectivity index (χ3v) is 3.42. The number of hydrogen-bond acceptors (Lipinski definition) is 3. The van der Waals surface area contributed by atoms with Gasteiger partial charge in [-0.25, -0.2) is 4.98 Å². The van der Waals surface area contributed by atoms with Gasteiger partial charge < -0.3 is 0 Å². The minimum absolute atomic E-state index is 0.438. The lowest BCUT2D eigenvalue weighted by molar-refractivity contribution is -0.137. The van der Waals surface area contributed by atoms with Crippen LogP contribution < -0.4 is 0 Å². The fourth-order valence-corrected chi connectivity index (χ4v) is 2.18. The molecule has 0 N–H and O–H groups in total. The highest BCUT2D eigenvalue weighted by Gasteiger charge is 2.34. The Balaban J connectivity index is 2.63. The Hall–Kier alpha value is -2.03. The maximum absolute atomic E-state index is 13.4. The SMILES string of the molecule is O=S(=O)(F)c1ccc(-c2ccccc2C(F)(F)F)nc1F. The van der Waals surface area contributed by atoms with Crippen molar-refractivity contribution < 1.29 is 29.9 Å². The molecule has 0 saturated heterocycles. The van der Waals surface area contributed by atoms with Crippen molar-refractivity contribution in [1.82, 2.24) is 4.98 Å². The molecule has 0 atom stereocenters. The van der Waals surface area contributed by atoms with E-state index in [0.717, 1.165) is 24.3 Å². The molecule has 2 rings (SSSR count). The van der Waals surface area contributed by atoms with Gasteiger partial charge in [-0.15, -0.1) is 3.89 Å². The Morgan fingerprint density at radius 2 is 1.62 bits per heavy atom. The number of pyridine rings is 1. The first-order valence-electron chi connectivity index (χ1n) is 5.38. The molecular formula is C12H6F5NO2S. The molecular weight excluding hydrogens is 317 g/mol. The largest absolute Gasteiger partial charge is 0.417 e. The molecule has 0 spiro atoms. The summed E-state index contributed by atoms with van der Waals surface area (Å²) in [6.45, 7) is 0. The van der Waals surface area contributed by atoms with Gasteiger partial charge >= 0.3 is 16.4 Å². The fourth-order valence-electron chi connectivity index (χ4n) is 1.71. The van der Waals surface area contributed by atoms with Crippen LogP contribution in [0.1, 0.15) is 5.56 Å². The van der Waals surface area contributed by atoms with E-state index in [2.05, 4.69) is 4.98 Å². The second-order valence-corrected chi connectivity index (χ2v) is 5.28. The normalized spacial score (nSPS) is 12.4. The van der Waals surface area contributed by atoms with Crippen molar-refractivity contribution in [2.75, 3.05) is 0 Å². The number of hydrogen-bond donors (Lipinski definition) is 0. The van der Waals surface area contributed by atoms with Gasteiger partial charge in [-0.1, -0.05) is 18.2 Å². The van der Waals surface area contributed by atoms with Gasteiger partial charge in [0, 0.05) is 5.56 Å². The van der Waals surface area contributed by atoms with Gasteiger partial charge in [-0.05, 0) is 18.2 Å². The van der Waals surface area contributed by atoms with Crippen LogP contribution in [0, 0.1) is 5.95 Å². The van der Waals surface area contributed by atoms with E-state index in [1.807, 2.05) is 0 Å². The van der Waals surface area contributed by atoms with E-state index in [-0.39, 0.29) is 0 Å².